The molecule has 0 saturated carbocycles. The minimum atomic E-state index is -0.439. The molecular formula is C19H16N4O3. The summed E-state index contributed by atoms with van der Waals surface area (Å²) in [6.07, 6.45) is 0. The summed E-state index contributed by atoms with van der Waals surface area (Å²) in [5.74, 6) is 0.488. The molecule has 0 radical (unpaired) electrons. The van der Waals surface area contributed by atoms with E-state index in [0.29, 0.717) is 22.8 Å². The van der Waals surface area contributed by atoms with Crippen LogP contribution in [0, 0.1) is 22.7 Å². The van der Waals surface area contributed by atoms with Crippen molar-refractivity contribution >= 4 is 11.6 Å². The summed E-state index contributed by atoms with van der Waals surface area (Å²) >= 11 is 0. The highest BCUT2D eigenvalue weighted by atomic mass is 16.5. The van der Waals surface area contributed by atoms with E-state index in [1.54, 1.807) is 55.5 Å². The van der Waals surface area contributed by atoms with Crippen LogP contribution >= 0.6 is 0 Å². The highest BCUT2D eigenvalue weighted by molar-refractivity contribution is 5.99. The second kappa shape index (κ2) is 9.45. The molecule has 1 N–H and O–H groups in total. The quantitative estimate of drug-likeness (QED) is 0.610. The Balaban J connectivity index is 1.89. The Morgan fingerprint density at radius 1 is 1.12 bits per heavy atom. The van der Waals surface area contributed by atoms with E-state index in [2.05, 4.69) is 10.5 Å². The van der Waals surface area contributed by atoms with Gasteiger partial charge in [0.05, 0.1) is 11.3 Å². The van der Waals surface area contributed by atoms with Crippen molar-refractivity contribution in [2.45, 2.75) is 6.92 Å². The standard InChI is InChI=1S/C19H16N4O3/c1-14(15-6-8-17(9-7-15)25-11-10-20)22-23-19(24)13-26-18-5-3-2-4-16(18)12-21/h2-9H,11,13H2,1H3,(H,23,24)/b22-14-. The molecule has 2 aromatic carbocycles. The molecule has 130 valence electrons. The molecule has 0 spiro atoms. The maximum absolute atomic E-state index is 11.8. The van der Waals surface area contributed by atoms with Gasteiger partial charge in [0.25, 0.3) is 5.91 Å². The molecule has 2 aromatic rings. The second-order valence-electron chi connectivity index (χ2n) is 5.10. The third-order valence-electron chi connectivity index (χ3n) is 3.29. The molecule has 0 aliphatic rings. The molecule has 0 bridgehead atoms. The predicted molar refractivity (Wildman–Crippen MR) is 94.6 cm³/mol. The number of nitriles is 2. The van der Waals surface area contributed by atoms with Crippen LogP contribution < -0.4 is 14.9 Å². The minimum absolute atomic E-state index is 0.0165. The Bertz CT molecular complexity index is 877. The van der Waals surface area contributed by atoms with E-state index in [9.17, 15) is 4.79 Å². The first-order chi connectivity index (χ1) is 12.6. The molecule has 0 aromatic heterocycles. The van der Waals surface area contributed by atoms with Crippen LogP contribution in [-0.4, -0.2) is 24.8 Å². The minimum Gasteiger partial charge on any atom is -0.482 e. The summed E-state index contributed by atoms with van der Waals surface area (Å²) in [4.78, 5) is 11.8. The number of rotatable bonds is 7. The van der Waals surface area contributed by atoms with Crippen LogP contribution in [0.2, 0.25) is 0 Å². The first-order valence-electron chi connectivity index (χ1n) is 7.69. The molecule has 0 fully saturated rings. The fourth-order valence-electron chi connectivity index (χ4n) is 1.98. The van der Waals surface area contributed by atoms with Crippen LogP contribution in [0.25, 0.3) is 0 Å². The van der Waals surface area contributed by atoms with Crippen molar-refractivity contribution in [1.82, 2.24) is 5.43 Å². The molecular weight excluding hydrogens is 332 g/mol. The molecule has 7 nitrogen and oxygen atoms in total. The Hall–Kier alpha value is -3.84. The number of nitrogens with one attached hydrogen (secondary N) is 1. The van der Waals surface area contributed by atoms with Gasteiger partial charge in [-0.15, -0.1) is 0 Å². The number of carbonyl (C=O) groups is 1. The number of ether oxygens (including phenoxy) is 2. The molecule has 0 aliphatic heterocycles. The van der Waals surface area contributed by atoms with Gasteiger partial charge in [0.2, 0.25) is 0 Å². The van der Waals surface area contributed by atoms with Crippen molar-refractivity contribution in [3.05, 3.63) is 59.7 Å². The fraction of sp³-hybridized carbons (Fsp3) is 0.158. The van der Waals surface area contributed by atoms with Gasteiger partial charge in [-0.3, -0.25) is 4.79 Å². The Morgan fingerprint density at radius 2 is 1.85 bits per heavy atom. The number of amides is 1. The van der Waals surface area contributed by atoms with Gasteiger partial charge in [-0.2, -0.15) is 15.6 Å². The molecule has 7 heteroatoms. The molecule has 2 rings (SSSR count). The van der Waals surface area contributed by atoms with Crippen molar-refractivity contribution in [3.8, 4) is 23.6 Å². The number of nitrogens with zero attached hydrogens (tertiary/aromatic N) is 3. The first-order valence-corrected chi connectivity index (χ1v) is 7.69. The number of para-hydroxylation sites is 1. The van der Waals surface area contributed by atoms with Gasteiger partial charge in [0.1, 0.15) is 23.6 Å². The molecule has 0 heterocycles. The van der Waals surface area contributed by atoms with E-state index in [1.165, 1.54) is 0 Å². The number of hydrazone groups is 1. The molecule has 26 heavy (non-hydrogen) atoms. The average molecular weight is 348 g/mol. The van der Waals surface area contributed by atoms with E-state index in [1.807, 2.05) is 12.1 Å². The largest absolute Gasteiger partial charge is 0.482 e. The van der Waals surface area contributed by atoms with E-state index in [0.717, 1.165) is 5.56 Å². The molecule has 0 saturated heterocycles. The second-order valence-corrected chi connectivity index (χ2v) is 5.10. The lowest BCUT2D eigenvalue weighted by Crippen LogP contribution is -2.25. The third-order valence-corrected chi connectivity index (χ3v) is 3.29. The van der Waals surface area contributed by atoms with Gasteiger partial charge >= 0.3 is 0 Å². The predicted octanol–water partition coefficient (Wildman–Crippen LogP) is 2.38. The van der Waals surface area contributed by atoms with Crippen molar-refractivity contribution in [3.63, 3.8) is 0 Å². The van der Waals surface area contributed by atoms with Crippen molar-refractivity contribution in [1.29, 1.82) is 10.5 Å². The summed E-state index contributed by atoms with van der Waals surface area (Å²) in [5.41, 5.74) is 4.16. The Labute approximate surface area is 151 Å². The lowest BCUT2D eigenvalue weighted by atomic mass is 10.1. The summed E-state index contributed by atoms with van der Waals surface area (Å²) in [5, 5.41) is 21.5. The maximum atomic E-state index is 11.8. The highest BCUT2D eigenvalue weighted by Gasteiger charge is 2.06. The molecule has 1 amide bonds. The van der Waals surface area contributed by atoms with Crippen molar-refractivity contribution < 1.29 is 14.3 Å². The number of carbonyl (C=O) groups excluding carboxylic acids is 1. The zero-order chi connectivity index (χ0) is 18.8. The normalized spacial score (nSPS) is 10.3. The number of hydrogen-bond acceptors (Lipinski definition) is 6. The fourth-order valence-corrected chi connectivity index (χ4v) is 1.98. The Morgan fingerprint density at radius 3 is 2.54 bits per heavy atom. The van der Waals surface area contributed by atoms with Gasteiger partial charge in [0, 0.05) is 0 Å². The lowest BCUT2D eigenvalue weighted by molar-refractivity contribution is -0.123. The summed E-state index contributed by atoms with van der Waals surface area (Å²) < 4.78 is 10.5. The zero-order valence-electron chi connectivity index (χ0n) is 14.1. The van der Waals surface area contributed by atoms with E-state index in [4.69, 9.17) is 20.0 Å². The van der Waals surface area contributed by atoms with Crippen LogP contribution in [0.4, 0.5) is 0 Å². The Kier molecular flexibility index (Phi) is 6.73. The van der Waals surface area contributed by atoms with E-state index >= 15 is 0 Å². The monoisotopic (exact) mass is 348 g/mol. The summed E-state index contributed by atoms with van der Waals surface area (Å²) in [7, 11) is 0. The first kappa shape index (κ1) is 18.5. The number of hydrogen-bond donors (Lipinski definition) is 1. The van der Waals surface area contributed by atoms with Gasteiger partial charge in [0.15, 0.2) is 13.2 Å². The third kappa shape index (κ3) is 5.36. The van der Waals surface area contributed by atoms with Crippen LogP contribution in [0.1, 0.15) is 18.1 Å². The SMILES string of the molecule is C/C(=N/NC(=O)COc1ccccc1C#N)c1ccc(OCC#N)cc1. The van der Waals surface area contributed by atoms with Crippen LogP contribution in [-0.2, 0) is 4.79 Å². The van der Waals surface area contributed by atoms with Crippen molar-refractivity contribution in [2.24, 2.45) is 5.10 Å². The summed E-state index contributed by atoms with van der Waals surface area (Å²) in [6.45, 7) is 1.48. The van der Waals surface area contributed by atoms with Crippen LogP contribution in [0.5, 0.6) is 11.5 Å². The lowest BCUT2D eigenvalue weighted by Gasteiger charge is -2.07. The molecule has 0 aliphatic carbocycles. The smallest absolute Gasteiger partial charge is 0.277 e. The zero-order valence-corrected chi connectivity index (χ0v) is 14.1. The molecule has 0 unspecified atom stereocenters. The van der Waals surface area contributed by atoms with E-state index in [-0.39, 0.29) is 13.2 Å². The highest BCUT2D eigenvalue weighted by Crippen LogP contribution is 2.16. The van der Waals surface area contributed by atoms with Gasteiger partial charge < -0.3 is 9.47 Å². The van der Waals surface area contributed by atoms with Crippen LogP contribution in [0.3, 0.4) is 0 Å². The van der Waals surface area contributed by atoms with Gasteiger partial charge in [-0.05, 0) is 48.9 Å². The van der Waals surface area contributed by atoms with Crippen LogP contribution in [0.15, 0.2) is 53.6 Å². The summed E-state index contributed by atoms with van der Waals surface area (Å²) in [6, 6.07) is 17.5. The molecule has 0 atom stereocenters. The average Bonchev–Trinajstić information content (AvgIpc) is 2.69. The van der Waals surface area contributed by atoms with Gasteiger partial charge in [-0.1, -0.05) is 12.1 Å². The topological polar surface area (TPSA) is 108 Å². The maximum Gasteiger partial charge on any atom is 0.277 e. The van der Waals surface area contributed by atoms with E-state index < -0.39 is 5.91 Å². The number of benzene rings is 2. The van der Waals surface area contributed by atoms with Gasteiger partial charge in [-0.25, -0.2) is 5.43 Å². The van der Waals surface area contributed by atoms with Crippen molar-refractivity contribution in [2.75, 3.05) is 13.2 Å².